The molecular formula is C16H20N4O2S. The third-order valence-corrected chi connectivity index (χ3v) is 4.76. The summed E-state index contributed by atoms with van der Waals surface area (Å²) in [6.45, 7) is 5.33. The van der Waals surface area contributed by atoms with Gasteiger partial charge in [0.2, 0.25) is 5.01 Å². The van der Waals surface area contributed by atoms with E-state index in [2.05, 4.69) is 27.3 Å². The zero-order valence-corrected chi connectivity index (χ0v) is 13.9. The van der Waals surface area contributed by atoms with Crippen LogP contribution in [0.25, 0.3) is 0 Å². The summed E-state index contributed by atoms with van der Waals surface area (Å²) in [5, 5.41) is 12.3. The predicted molar refractivity (Wildman–Crippen MR) is 89.6 cm³/mol. The highest BCUT2D eigenvalue weighted by Gasteiger charge is 2.20. The average Bonchev–Trinajstić information content (AvgIpc) is 2.93. The fraction of sp³-hybridized carbons (Fsp3) is 0.438. The lowest BCUT2D eigenvalue weighted by atomic mass is 10.2. The second-order valence-corrected chi connectivity index (χ2v) is 6.60. The average molecular weight is 332 g/mol. The number of nitrogens with one attached hydrogen (secondary N) is 1. The fourth-order valence-corrected chi connectivity index (χ4v) is 3.23. The lowest BCUT2D eigenvalue weighted by Gasteiger charge is -2.24. The van der Waals surface area contributed by atoms with E-state index < -0.39 is 0 Å². The van der Waals surface area contributed by atoms with Crippen molar-refractivity contribution in [3.63, 3.8) is 0 Å². The molecule has 7 heteroatoms. The van der Waals surface area contributed by atoms with E-state index in [1.54, 1.807) is 0 Å². The number of para-hydroxylation sites is 1. The van der Waals surface area contributed by atoms with Gasteiger partial charge in [-0.15, -0.1) is 10.2 Å². The van der Waals surface area contributed by atoms with Crippen molar-refractivity contribution in [3.8, 4) is 0 Å². The lowest BCUT2D eigenvalue weighted by molar-refractivity contribution is 0.102. The van der Waals surface area contributed by atoms with Crippen molar-refractivity contribution in [1.29, 1.82) is 0 Å². The van der Waals surface area contributed by atoms with Gasteiger partial charge in [-0.05, 0) is 25.5 Å². The Hall–Kier alpha value is -1.83. The maximum Gasteiger partial charge on any atom is 0.286 e. The number of nitrogens with zero attached hydrogens (tertiary/aromatic N) is 3. The molecule has 0 bridgehead atoms. The van der Waals surface area contributed by atoms with Gasteiger partial charge in [-0.1, -0.05) is 29.5 Å². The lowest BCUT2D eigenvalue weighted by Crippen LogP contribution is -2.33. The van der Waals surface area contributed by atoms with Gasteiger partial charge in [0.25, 0.3) is 5.91 Å². The van der Waals surface area contributed by atoms with E-state index in [9.17, 15) is 4.79 Å². The summed E-state index contributed by atoms with van der Waals surface area (Å²) < 4.78 is 5.50. The number of aromatic nitrogens is 2. The molecule has 6 nitrogen and oxygen atoms in total. The predicted octanol–water partition coefficient (Wildman–Crippen LogP) is 2.40. The van der Waals surface area contributed by atoms with Crippen molar-refractivity contribution >= 4 is 22.9 Å². The summed E-state index contributed by atoms with van der Waals surface area (Å²) >= 11 is 1.35. The molecule has 0 spiro atoms. The van der Waals surface area contributed by atoms with Crippen LogP contribution in [0.3, 0.4) is 0 Å². The summed E-state index contributed by atoms with van der Waals surface area (Å²) in [7, 11) is 0. The summed E-state index contributed by atoms with van der Waals surface area (Å²) in [4.78, 5) is 14.5. The molecule has 23 heavy (non-hydrogen) atoms. The van der Waals surface area contributed by atoms with Crippen LogP contribution in [-0.4, -0.2) is 46.8 Å². The molecule has 0 unspecified atom stereocenters. The maximum atomic E-state index is 12.2. The first-order valence-corrected chi connectivity index (χ1v) is 8.54. The molecule has 1 amide bonds. The normalized spacial score (nSPS) is 19.3. The Bertz CT molecular complexity index is 647. The van der Waals surface area contributed by atoms with Gasteiger partial charge in [0, 0.05) is 24.9 Å². The number of hydrogen-bond acceptors (Lipinski definition) is 6. The number of carbonyl (C=O) groups excluding carboxylic acids is 1. The topological polar surface area (TPSA) is 67.3 Å². The van der Waals surface area contributed by atoms with Gasteiger partial charge in [-0.2, -0.15) is 0 Å². The van der Waals surface area contributed by atoms with Crippen molar-refractivity contribution in [2.24, 2.45) is 0 Å². The van der Waals surface area contributed by atoms with Crippen LogP contribution in [-0.2, 0) is 11.3 Å². The van der Waals surface area contributed by atoms with Gasteiger partial charge in [-0.25, -0.2) is 0 Å². The summed E-state index contributed by atoms with van der Waals surface area (Å²) in [5.74, 6) is -0.216. The Morgan fingerprint density at radius 1 is 1.35 bits per heavy atom. The van der Waals surface area contributed by atoms with Gasteiger partial charge in [0.15, 0.2) is 0 Å². The van der Waals surface area contributed by atoms with Crippen LogP contribution in [0.2, 0.25) is 0 Å². The number of ether oxygens (including phenoxy) is 1. The molecule has 2 heterocycles. The van der Waals surface area contributed by atoms with E-state index in [1.165, 1.54) is 11.3 Å². The fourth-order valence-electron chi connectivity index (χ4n) is 2.46. The van der Waals surface area contributed by atoms with Crippen LogP contribution in [0, 0.1) is 0 Å². The number of hydrogen-bond donors (Lipinski definition) is 1. The molecule has 1 aromatic heterocycles. The molecule has 1 fully saturated rings. The third-order valence-electron chi connectivity index (χ3n) is 3.86. The second kappa shape index (κ2) is 7.63. The van der Waals surface area contributed by atoms with Crippen LogP contribution >= 0.6 is 11.3 Å². The van der Waals surface area contributed by atoms with Gasteiger partial charge in [-0.3, -0.25) is 9.69 Å². The van der Waals surface area contributed by atoms with E-state index in [1.807, 2.05) is 30.3 Å². The molecule has 0 aliphatic carbocycles. The number of amides is 1. The molecule has 122 valence electrons. The highest BCUT2D eigenvalue weighted by Crippen LogP contribution is 2.17. The smallest absolute Gasteiger partial charge is 0.286 e. The first-order valence-electron chi connectivity index (χ1n) is 7.73. The van der Waals surface area contributed by atoms with Crippen molar-refractivity contribution in [2.45, 2.75) is 25.9 Å². The summed E-state index contributed by atoms with van der Waals surface area (Å²) in [5.41, 5.74) is 0.757. The van der Waals surface area contributed by atoms with Gasteiger partial charge >= 0.3 is 0 Å². The molecule has 0 saturated carbocycles. The standard InChI is InChI=1S/C16H20N4O2S/c1-12-7-9-22-10-8-20(12)11-14-18-19-16(23-14)15(21)17-13-5-3-2-4-6-13/h2-6,12H,7-11H2,1H3,(H,17,21)/t12-/m1/s1. The molecule has 1 aromatic carbocycles. The highest BCUT2D eigenvalue weighted by atomic mass is 32.1. The number of benzene rings is 1. The minimum absolute atomic E-state index is 0.216. The van der Waals surface area contributed by atoms with Crippen LogP contribution in [0.4, 0.5) is 5.69 Å². The minimum atomic E-state index is -0.216. The summed E-state index contributed by atoms with van der Waals surface area (Å²) in [6.07, 6.45) is 1.01. The number of carbonyl (C=O) groups is 1. The molecule has 2 aromatic rings. The molecule has 1 atom stereocenters. The van der Waals surface area contributed by atoms with Crippen molar-refractivity contribution < 1.29 is 9.53 Å². The van der Waals surface area contributed by atoms with Crippen LogP contribution in [0.15, 0.2) is 30.3 Å². The van der Waals surface area contributed by atoms with E-state index in [-0.39, 0.29) is 5.91 Å². The SMILES string of the molecule is C[C@@H]1CCOCCN1Cc1nnc(C(=O)Nc2ccccc2)s1. The Kier molecular flexibility index (Phi) is 5.32. The minimum Gasteiger partial charge on any atom is -0.380 e. The molecule has 1 aliphatic heterocycles. The maximum absolute atomic E-state index is 12.2. The summed E-state index contributed by atoms with van der Waals surface area (Å²) in [6, 6.07) is 9.80. The largest absolute Gasteiger partial charge is 0.380 e. The molecule has 1 N–H and O–H groups in total. The quantitative estimate of drug-likeness (QED) is 0.931. The van der Waals surface area contributed by atoms with E-state index in [0.717, 1.165) is 36.9 Å². The number of rotatable bonds is 4. The second-order valence-electron chi connectivity index (χ2n) is 5.54. The Balaban J connectivity index is 1.62. The van der Waals surface area contributed by atoms with E-state index in [0.29, 0.717) is 17.6 Å². The highest BCUT2D eigenvalue weighted by molar-refractivity contribution is 7.13. The molecule has 1 aliphatic rings. The van der Waals surface area contributed by atoms with Crippen molar-refractivity contribution in [1.82, 2.24) is 15.1 Å². The van der Waals surface area contributed by atoms with Crippen LogP contribution in [0.5, 0.6) is 0 Å². The molecule has 3 rings (SSSR count). The monoisotopic (exact) mass is 332 g/mol. The van der Waals surface area contributed by atoms with Gasteiger partial charge in [0.05, 0.1) is 13.2 Å². The Morgan fingerprint density at radius 3 is 3.00 bits per heavy atom. The van der Waals surface area contributed by atoms with E-state index in [4.69, 9.17) is 4.74 Å². The van der Waals surface area contributed by atoms with Gasteiger partial charge < -0.3 is 10.1 Å². The first-order chi connectivity index (χ1) is 11.2. The first kappa shape index (κ1) is 16.0. The Labute approximate surface area is 139 Å². The van der Waals surface area contributed by atoms with Gasteiger partial charge in [0.1, 0.15) is 5.01 Å². The Morgan fingerprint density at radius 2 is 2.17 bits per heavy atom. The zero-order valence-electron chi connectivity index (χ0n) is 13.1. The van der Waals surface area contributed by atoms with Crippen LogP contribution < -0.4 is 5.32 Å². The third kappa shape index (κ3) is 4.34. The number of anilines is 1. The van der Waals surface area contributed by atoms with Crippen molar-refractivity contribution in [3.05, 3.63) is 40.3 Å². The zero-order chi connectivity index (χ0) is 16.1. The molecule has 0 radical (unpaired) electrons. The van der Waals surface area contributed by atoms with Crippen molar-refractivity contribution in [2.75, 3.05) is 25.1 Å². The molecular weight excluding hydrogens is 312 g/mol. The van der Waals surface area contributed by atoms with E-state index >= 15 is 0 Å². The van der Waals surface area contributed by atoms with Crippen LogP contribution in [0.1, 0.15) is 28.2 Å². The molecule has 1 saturated heterocycles.